The highest BCUT2D eigenvalue weighted by molar-refractivity contribution is 7.99. The number of benzene rings is 1. The third-order valence-electron chi connectivity index (χ3n) is 4.94. The van der Waals surface area contributed by atoms with Crippen molar-refractivity contribution in [1.82, 2.24) is 10.3 Å². The molecule has 4 rings (SSSR count). The molecule has 0 unspecified atom stereocenters. The summed E-state index contributed by atoms with van der Waals surface area (Å²) in [5.41, 5.74) is 3.83. The molecule has 0 bridgehead atoms. The van der Waals surface area contributed by atoms with E-state index in [9.17, 15) is 9.59 Å². The topological polar surface area (TPSA) is 87.5 Å². The highest BCUT2D eigenvalue weighted by atomic mass is 32.2. The summed E-state index contributed by atoms with van der Waals surface area (Å²) in [6.07, 6.45) is 0. The van der Waals surface area contributed by atoms with Gasteiger partial charge in [-0.15, -0.1) is 11.8 Å². The molecule has 31 heavy (non-hydrogen) atoms. The normalized spacial score (nSPS) is 12.9. The van der Waals surface area contributed by atoms with Crippen molar-refractivity contribution in [3.05, 3.63) is 70.8 Å². The summed E-state index contributed by atoms with van der Waals surface area (Å²) in [5.74, 6) is 2.04. The number of amides is 3. The third kappa shape index (κ3) is 4.74. The predicted octanol–water partition coefficient (Wildman–Crippen LogP) is 4.67. The molecule has 1 aliphatic rings. The van der Waals surface area contributed by atoms with Gasteiger partial charge in [-0.25, -0.2) is 9.78 Å². The molecule has 0 spiro atoms. The van der Waals surface area contributed by atoms with Crippen LogP contribution in [0.15, 0.2) is 51.9 Å². The highest BCUT2D eigenvalue weighted by Crippen LogP contribution is 2.36. The summed E-state index contributed by atoms with van der Waals surface area (Å²) in [4.78, 5) is 31.8. The Morgan fingerprint density at radius 1 is 1.16 bits per heavy atom. The van der Waals surface area contributed by atoms with Gasteiger partial charge in [0.2, 0.25) is 0 Å². The lowest BCUT2D eigenvalue weighted by Crippen LogP contribution is -2.39. The van der Waals surface area contributed by atoms with E-state index in [1.54, 1.807) is 40.9 Å². The summed E-state index contributed by atoms with van der Waals surface area (Å²) in [6, 6.07) is 12.3. The molecule has 0 fully saturated rings. The van der Waals surface area contributed by atoms with Crippen molar-refractivity contribution in [1.29, 1.82) is 0 Å². The van der Waals surface area contributed by atoms with Crippen LogP contribution in [-0.4, -0.2) is 29.2 Å². The van der Waals surface area contributed by atoms with E-state index in [1.165, 1.54) is 0 Å². The van der Waals surface area contributed by atoms with Crippen molar-refractivity contribution in [3.63, 3.8) is 0 Å². The molecule has 1 aliphatic heterocycles. The Labute approximate surface area is 185 Å². The van der Waals surface area contributed by atoms with E-state index >= 15 is 0 Å². The van der Waals surface area contributed by atoms with Crippen LogP contribution in [0.1, 0.15) is 33.1 Å². The Bertz CT molecular complexity index is 1140. The number of pyridine rings is 1. The first-order chi connectivity index (χ1) is 14.9. The second kappa shape index (κ2) is 8.85. The van der Waals surface area contributed by atoms with Crippen LogP contribution in [0.3, 0.4) is 0 Å². The summed E-state index contributed by atoms with van der Waals surface area (Å²) in [5, 5.41) is 6.62. The largest absolute Gasteiger partial charge is 0.465 e. The first-order valence-corrected chi connectivity index (χ1v) is 11.0. The molecule has 0 radical (unpaired) electrons. The molecule has 2 aromatic heterocycles. The van der Waals surface area contributed by atoms with Crippen LogP contribution in [0, 0.1) is 20.8 Å². The second-order valence-corrected chi connectivity index (χ2v) is 8.52. The number of fused-ring (bicyclic) bond motifs is 1. The number of thioether (sulfide) groups is 1. The van der Waals surface area contributed by atoms with Crippen LogP contribution in [0.5, 0.6) is 0 Å². The van der Waals surface area contributed by atoms with E-state index in [1.807, 2.05) is 39.0 Å². The number of urea groups is 1. The van der Waals surface area contributed by atoms with Gasteiger partial charge in [-0.2, -0.15) is 0 Å². The maximum Gasteiger partial charge on any atom is 0.326 e. The molecular weight excluding hydrogens is 412 g/mol. The van der Waals surface area contributed by atoms with E-state index in [0.29, 0.717) is 30.1 Å². The smallest absolute Gasteiger partial charge is 0.326 e. The molecular formula is C23H24N4O3S. The van der Waals surface area contributed by atoms with Crippen molar-refractivity contribution in [2.75, 3.05) is 22.5 Å². The van der Waals surface area contributed by atoms with Crippen LogP contribution >= 0.6 is 11.8 Å². The Morgan fingerprint density at radius 2 is 2.00 bits per heavy atom. The maximum absolute atomic E-state index is 13.0. The average molecular weight is 437 g/mol. The van der Waals surface area contributed by atoms with Gasteiger partial charge < -0.3 is 15.1 Å². The molecule has 8 heteroatoms. The van der Waals surface area contributed by atoms with Crippen molar-refractivity contribution < 1.29 is 14.0 Å². The Kier molecular flexibility index (Phi) is 5.99. The Morgan fingerprint density at radius 3 is 2.77 bits per heavy atom. The molecule has 3 amide bonds. The van der Waals surface area contributed by atoms with Gasteiger partial charge in [-0.3, -0.25) is 9.69 Å². The number of aryl methyl sites for hydroxylation is 3. The van der Waals surface area contributed by atoms with Crippen LogP contribution in [-0.2, 0) is 6.54 Å². The lowest BCUT2D eigenvalue weighted by molar-refractivity contribution is 0.0948. The molecule has 3 aromatic rings. The second-order valence-electron chi connectivity index (χ2n) is 7.44. The predicted molar refractivity (Wildman–Crippen MR) is 122 cm³/mol. The van der Waals surface area contributed by atoms with Crippen molar-refractivity contribution >= 4 is 35.1 Å². The Balaban J connectivity index is 1.46. The first kappa shape index (κ1) is 21.0. The minimum atomic E-state index is -0.237. The molecule has 0 atom stereocenters. The quantitative estimate of drug-likeness (QED) is 0.620. The van der Waals surface area contributed by atoms with Crippen molar-refractivity contribution in [3.8, 4) is 0 Å². The number of carbonyl (C=O) groups excluding carboxylic acids is 2. The summed E-state index contributed by atoms with van der Waals surface area (Å²) < 4.78 is 5.47. The lowest BCUT2D eigenvalue weighted by Gasteiger charge is -2.30. The number of rotatable bonds is 4. The van der Waals surface area contributed by atoms with Gasteiger partial charge in [-0.1, -0.05) is 6.07 Å². The van der Waals surface area contributed by atoms with Gasteiger partial charge >= 0.3 is 6.03 Å². The highest BCUT2D eigenvalue weighted by Gasteiger charge is 2.26. The van der Waals surface area contributed by atoms with E-state index < -0.39 is 0 Å². The fraction of sp³-hybridized carbons (Fsp3) is 0.261. The third-order valence-corrected chi connectivity index (χ3v) is 5.89. The monoisotopic (exact) mass is 436 g/mol. The van der Waals surface area contributed by atoms with Gasteiger partial charge in [0.1, 0.15) is 16.5 Å². The number of carbonyl (C=O) groups is 2. The van der Waals surface area contributed by atoms with Crippen LogP contribution in [0.2, 0.25) is 0 Å². The van der Waals surface area contributed by atoms with Crippen LogP contribution < -0.4 is 15.5 Å². The molecule has 160 valence electrons. The first-order valence-electron chi connectivity index (χ1n) is 10.0. The van der Waals surface area contributed by atoms with Crippen LogP contribution in [0.4, 0.5) is 16.2 Å². The minimum Gasteiger partial charge on any atom is -0.465 e. The van der Waals surface area contributed by atoms with Crippen molar-refractivity contribution in [2.24, 2.45) is 0 Å². The number of anilines is 2. The molecule has 1 aromatic carbocycles. The minimum absolute atomic E-state index is 0.236. The molecule has 0 saturated carbocycles. The van der Waals surface area contributed by atoms with Gasteiger partial charge in [0.25, 0.3) is 5.91 Å². The molecule has 3 heterocycles. The standard InChI is InChI=1S/C23H24N4O3S/c1-14-11-15(2)25-22-20(14)27(9-10-31-22)23(29)26-18-6-4-5-17(12-18)21(28)24-13-19-8-7-16(3)30-19/h4-8,11-12H,9-10,13H2,1-3H3,(H,24,28)(H,26,29). The van der Waals surface area contributed by atoms with E-state index in [4.69, 9.17) is 4.42 Å². The zero-order valence-electron chi connectivity index (χ0n) is 17.7. The summed E-state index contributed by atoms with van der Waals surface area (Å²) in [7, 11) is 0. The van der Waals surface area contributed by atoms with Gasteiger partial charge in [0, 0.05) is 29.2 Å². The number of hydrogen-bond acceptors (Lipinski definition) is 5. The molecule has 7 nitrogen and oxygen atoms in total. The van der Waals surface area contributed by atoms with Gasteiger partial charge in [0.15, 0.2) is 0 Å². The fourth-order valence-electron chi connectivity index (χ4n) is 3.55. The van der Waals surface area contributed by atoms with E-state index in [-0.39, 0.29) is 11.9 Å². The zero-order chi connectivity index (χ0) is 22.0. The molecule has 0 saturated heterocycles. The maximum atomic E-state index is 13.0. The number of nitrogens with one attached hydrogen (secondary N) is 2. The summed E-state index contributed by atoms with van der Waals surface area (Å²) >= 11 is 1.66. The van der Waals surface area contributed by atoms with Gasteiger partial charge in [0.05, 0.1) is 12.2 Å². The Hall–Kier alpha value is -3.26. The van der Waals surface area contributed by atoms with Crippen LogP contribution in [0.25, 0.3) is 0 Å². The number of aromatic nitrogens is 1. The number of furan rings is 1. The summed E-state index contributed by atoms with van der Waals surface area (Å²) in [6.45, 7) is 6.70. The van der Waals surface area contributed by atoms with Crippen molar-refractivity contribution in [2.45, 2.75) is 32.3 Å². The molecule has 2 N–H and O–H groups in total. The van der Waals surface area contributed by atoms with E-state index in [0.717, 1.165) is 33.5 Å². The molecule has 0 aliphatic carbocycles. The number of nitrogens with zero attached hydrogens (tertiary/aromatic N) is 2. The lowest BCUT2D eigenvalue weighted by atomic mass is 10.2. The SMILES string of the molecule is Cc1cc(C)c2c(n1)SCCN2C(=O)Nc1cccc(C(=O)NCc2ccc(C)o2)c1. The zero-order valence-corrected chi connectivity index (χ0v) is 18.5. The number of hydrogen-bond donors (Lipinski definition) is 2. The fourth-order valence-corrected chi connectivity index (χ4v) is 4.64. The average Bonchev–Trinajstić information content (AvgIpc) is 3.16. The van der Waals surface area contributed by atoms with E-state index in [2.05, 4.69) is 15.6 Å². The van der Waals surface area contributed by atoms with Gasteiger partial charge in [-0.05, 0) is 62.7 Å².